The zero-order valence-corrected chi connectivity index (χ0v) is 14.0. The Morgan fingerprint density at radius 1 is 1.17 bits per heavy atom. The van der Waals surface area contributed by atoms with Crippen LogP contribution in [0, 0.1) is 5.82 Å². The number of amides is 2. The van der Waals surface area contributed by atoms with Gasteiger partial charge >= 0.3 is 0 Å². The lowest BCUT2D eigenvalue weighted by Gasteiger charge is -2.12. The minimum absolute atomic E-state index is 0.0444. The molecule has 126 valence electrons. The number of hydrogen-bond acceptors (Lipinski definition) is 3. The quantitative estimate of drug-likeness (QED) is 0.871. The predicted octanol–water partition coefficient (Wildman–Crippen LogP) is 3.23. The fraction of sp³-hybridized carbons (Fsp3) is 0.176. The van der Waals surface area contributed by atoms with E-state index in [9.17, 15) is 14.0 Å². The summed E-state index contributed by atoms with van der Waals surface area (Å²) >= 11 is 5.88. The fourth-order valence-corrected chi connectivity index (χ4v) is 2.24. The Balaban J connectivity index is 1.97. The monoisotopic (exact) mass is 349 g/mol. The molecule has 2 rings (SSSR count). The zero-order valence-electron chi connectivity index (χ0n) is 13.3. The Hall–Kier alpha value is -2.60. The van der Waals surface area contributed by atoms with Gasteiger partial charge in [-0.1, -0.05) is 17.7 Å². The highest BCUT2D eigenvalue weighted by molar-refractivity contribution is 6.33. The summed E-state index contributed by atoms with van der Waals surface area (Å²) in [5.41, 5.74) is 1.46. The Labute approximate surface area is 144 Å². The van der Waals surface area contributed by atoms with Crippen LogP contribution < -0.4 is 10.6 Å². The second-order valence-corrected chi connectivity index (χ2v) is 5.71. The maximum Gasteiger partial charge on any atom is 0.253 e. The molecular weight excluding hydrogens is 333 g/mol. The van der Waals surface area contributed by atoms with Crippen molar-refractivity contribution in [2.45, 2.75) is 0 Å². The molecule has 0 aliphatic heterocycles. The number of benzene rings is 2. The van der Waals surface area contributed by atoms with Crippen LogP contribution in [0.4, 0.5) is 15.8 Å². The highest BCUT2D eigenvalue weighted by atomic mass is 35.5. The van der Waals surface area contributed by atoms with Gasteiger partial charge in [-0.05, 0) is 36.4 Å². The highest BCUT2D eigenvalue weighted by Crippen LogP contribution is 2.22. The molecule has 5 nitrogen and oxygen atoms in total. The first-order valence-corrected chi connectivity index (χ1v) is 7.55. The number of nitrogens with zero attached hydrogens (tertiary/aromatic N) is 1. The van der Waals surface area contributed by atoms with Crippen molar-refractivity contribution in [3.05, 3.63) is 58.9 Å². The van der Waals surface area contributed by atoms with Crippen molar-refractivity contribution >= 4 is 34.8 Å². The van der Waals surface area contributed by atoms with Crippen molar-refractivity contribution in [3.63, 3.8) is 0 Å². The molecule has 2 aromatic carbocycles. The van der Waals surface area contributed by atoms with Crippen LogP contribution in [-0.2, 0) is 4.79 Å². The summed E-state index contributed by atoms with van der Waals surface area (Å²) in [6, 6.07) is 10.5. The number of hydrogen-bond donors (Lipinski definition) is 2. The van der Waals surface area contributed by atoms with Crippen molar-refractivity contribution in [1.29, 1.82) is 0 Å². The molecular formula is C17H17ClFN3O2. The van der Waals surface area contributed by atoms with E-state index in [0.29, 0.717) is 16.9 Å². The largest absolute Gasteiger partial charge is 0.375 e. The standard InChI is InChI=1S/C17H17ClFN3O2/c1-22(2)17(24)11-4-3-5-13(8-11)21-16(23)10-20-15-7-6-12(19)9-14(15)18/h3-9,20H,10H2,1-2H3,(H,21,23). The third kappa shape index (κ3) is 4.70. The molecule has 0 heterocycles. The number of nitrogens with one attached hydrogen (secondary N) is 2. The maximum absolute atomic E-state index is 13.0. The van der Waals surface area contributed by atoms with Crippen LogP contribution in [0.5, 0.6) is 0 Å². The van der Waals surface area contributed by atoms with Crippen LogP contribution >= 0.6 is 11.6 Å². The number of carbonyl (C=O) groups is 2. The van der Waals surface area contributed by atoms with Crippen LogP contribution in [0.3, 0.4) is 0 Å². The third-order valence-corrected chi connectivity index (χ3v) is 3.48. The summed E-state index contributed by atoms with van der Waals surface area (Å²) < 4.78 is 13.0. The summed E-state index contributed by atoms with van der Waals surface area (Å²) in [4.78, 5) is 25.4. The SMILES string of the molecule is CN(C)C(=O)c1cccc(NC(=O)CNc2ccc(F)cc2Cl)c1. The van der Waals surface area contributed by atoms with Gasteiger partial charge in [0, 0.05) is 25.3 Å². The first-order chi connectivity index (χ1) is 11.4. The van der Waals surface area contributed by atoms with Crippen molar-refractivity contribution in [2.75, 3.05) is 31.3 Å². The Morgan fingerprint density at radius 2 is 1.92 bits per heavy atom. The molecule has 0 spiro atoms. The topological polar surface area (TPSA) is 61.4 Å². The molecule has 0 aliphatic carbocycles. The summed E-state index contributed by atoms with van der Waals surface area (Å²) in [6.45, 7) is -0.0444. The fourth-order valence-electron chi connectivity index (χ4n) is 2.00. The van der Waals surface area contributed by atoms with Gasteiger partial charge in [0.05, 0.1) is 17.3 Å². The van der Waals surface area contributed by atoms with E-state index in [1.807, 2.05) is 0 Å². The van der Waals surface area contributed by atoms with Crippen LogP contribution in [0.15, 0.2) is 42.5 Å². The van der Waals surface area contributed by atoms with E-state index in [1.165, 1.54) is 17.0 Å². The second kappa shape index (κ2) is 7.79. The molecule has 0 radical (unpaired) electrons. The third-order valence-electron chi connectivity index (χ3n) is 3.17. The number of rotatable bonds is 5. The van der Waals surface area contributed by atoms with E-state index in [0.717, 1.165) is 6.07 Å². The second-order valence-electron chi connectivity index (χ2n) is 5.31. The zero-order chi connectivity index (χ0) is 17.7. The van der Waals surface area contributed by atoms with Crippen LogP contribution in [0.25, 0.3) is 0 Å². The van der Waals surface area contributed by atoms with Gasteiger partial charge in [0.1, 0.15) is 5.82 Å². The van der Waals surface area contributed by atoms with Crippen molar-refractivity contribution in [1.82, 2.24) is 4.90 Å². The summed E-state index contributed by atoms with van der Waals surface area (Å²) in [6.07, 6.45) is 0. The molecule has 2 amide bonds. The van der Waals surface area contributed by atoms with Gasteiger partial charge in [-0.2, -0.15) is 0 Å². The summed E-state index contributed by atoms with van der Waals surface area (Å²) in [7, 11) is 3.31. The normalized spacial score (nSPS) is 10.2. The van der Waals surface area contributed by atoms with Gasteiger partial charge in [-0.25, -0.2) is 4.39 Å². The van der Waals surface area contributed by atoms with Crippen molar-refractivity contribution < 1.29 is 14.0 Å². The van der Waals surface area contributed by atoms with E-state index < -0.39 is 5.82 Å². The molecule has 0 bridgehead atoms. The van der Waals surface area contributed by atoms with Crippen LogP contribution in [0.2, 0.25) is 5.02 Å². The highest BCUT2D eigenvalue weighted by Gasteiger charge is 2.10. The lowest BCUT2D eigenvalue weighted by Crippen LogP contribution is -2.23. The van der Waals surface area contributed by atoms with E-state index in [2.05, 4.69) is 10.6 Å². The first-order valence-electron chi connectivity index (χ1n) is 7.17. The molecule has 0 atom stereocenters. The number of halogens is 2. The average molecular weight is 350 g/mol. The first kappa shape index (κ1) is 17.7. The molecule has 0 aliphatic rings. The molecule has 0 aromatic heterocycles. The van der Waals surface area contributed by atoms with Gasteiger partial charge in [-0.3, -0.25) is 9.59 Å². The average Bonchev–Trinajstić information content (AvgIpc) is 2.53. The van der Waals surface area contributed by atoms with Crippen molar-refractivity contribution in [2.24, 2.45) is 0 Å². The Bertz CT molecular complexity index is 765. The molecule has 0 unspecified atom stereocenters. The van der Waals surface area contributed by atoms with E-state index >= 15 is 0 Å². The smallest absolute Gasteiger partial charge is 0.253 e. The minimum atomic E-state index is -0.447. The van der Waals surface area contributed by atoms with Gasteiger partial charge < -0.3 is 15.5 Å². The van der Waals surface area contributed by atoms with E-state index in [-0.39, 0.29) is 23.4 Å². The molecule has 7 heteroatoms. The van der Waals surface area contributed by atoms with Gasteiger partial charge in [0.25, 0.3) is 5.91 Å². The Kier molecular flexibility index (Phi) is 5.76. The summed E-state index contributed by atoms with van der Waals surface area (Å²) in [5, 5.41) is 5.71. The summed E-state index contributed by atoms with van der Waals surface area (Å²) in [5.74, 6) is -0.912. The maximum atomic E-state index is 13.0. The van der Waals surface area contributed by atoms with Gasteiger partial charge in [0.15, 0.2) is 0 Å². The lowest BCUT2D eigenvalue weighted by atomic mass is 10.2. The van der Waals surface area contributed by atoms with E-state index in [4.69, 9.17) is 11.6 Å². The molecule has 0 saturated carbocycles. The molecule has 2 aromatic rings. The van der Waals surface area contributed by atoms with Gasteiger partial charge in [0.2, 0.25) is 5.91 Å². The number of carbonyl (C=O) groups excluding carboxylic acids is 2. The molecule has 0 fully saturated rings. The molecule has 2 N–H and O–H groups in total. The van der Waals surface area contributed by atoms with Crippen molar-refractivity contribution in [3.8, 4) is 0 Å². The molecule has 24 heavy (non-hydrogen) atoms. The van der Waals surface area contributed by atoms with E-state index in [1.54, 1.807) is 38.4 Å². The minimum Gasteiger partial charge on any atom is -0.375 e. The van der Waals surface area contributed by atoms with Crippen LogP contribution in [-0.4, -0.2) is 37.4 Å². The lowest BCUT2D eigenvalue weighted by molar-refractivity contribution is -0.114. The predicted molar refractivity (Wildman–Crippen MR) is 93.0 cm³/mol. The molecule has 0 saturated heterocycles. The Morgan fingerprint density at radius 3 is 2.58 bits per heavy atom. The van der Waals surface area contributed by atoms with Gasteiger partial charge in [-0.15, -0.1) is 0 Å². The number of anilines is 2. The van der Waals surface area contributed by atoms with Crippen LogP contribution in [0.1, 0.15) is 10.4 Å².